The van der Waals surface area contributed by atoms with Crippen molar-refractivity contribution < 1.29 is 4.74 Å². The van der Waals surface area contributed by atoms with Crippen LogP contribution in [0, 0.1) is 13.8 Å². The van der Waals surface area contributed by atoms with Gasteiger partial charge in [-0.05, 0) is 44.6 Å². The van der Waals surface area contributed by atoms with Crippen LogP contribution in [0.1, 0.15) is 27.8 Å². The Morgan fingerprint density at radius 2 is 1.87 bits per heavy atom. The van der Waals surface area contributed by atoms with Crippen LogP contribution >= 0.6 is 0 Å². The molecule has 0 bridgehead atoms. The summed E-state index contributed by atoms with van der Waals surface area (Å²) in [6, 6.07) is 15.1. The molecule has 2 aromatic carbocycles. The molecular formula is C20H26N2O. The Labute approximate surface area is 139 Å². The van der Waals surface area contributed by atoms with E-state index in [1.807, 2.05) is 0 Å². The van der Waals surface area contributed by atoms with E-state index in [1.165, 1.54) is 27.8 Å². The molecule has 0 spiro atoms. The highest BCUT2D eigenvalue weighted by Crippen LogP contribution is 2.40. The van der Waals surface area contributed by atoms with Gasteiger partial charge in [0.15, 0.2) is 5.72 Å². The number of fused-ring (bicyclic) bond motifs is 1. The molecule has 1 N–H and O–H groups in total. The van der Waals surface area contributed by atoms with E-state index in [-0.39, 0.29) is 0 Å². The lowest BCUT2D eigenvalue weighted by Crippen LogP contribution is -2.45. The van der Waals surface area contributed by atoms with Crippen LogP contribution in [-0.4, -0.2) is 32.1 Å². The lowest BCUT2D eigenvalue weighted by Gasteiger charge is -2.32. The molecular weight excluding hydrogens is 284 g/mol. The summed E-state index contributed by atoms with van der Waals surface area (Å²) < 4.78 is 6.34. The first-order valence-corrected chi connectivity index (χ1v) is 8.23. The minimum Gasteiger partial charge on any atom is -0.347 e. The van der Waals surface area contributed by atoms with E-state index < -0.39 is 5.72 Å². The molecule has 1 aliphatic heterocycles. The highest BCUT2D eigenvalue weighted by atomic mass is 16.5. The van der Waals surface area contributed by atoms with Gasteiger partial charge < -0.3 is 9.64 Å². The van der Waals surface area contributed by atoms with Crippen LogP contribution < -0.4 is 5.32 Å². The van der Waals surface area contributed by atoms with Crippen molar-refractivity contribution in [2.45, 2.75) is 26.2 Å². The van der Waals surface area contributed by atoms with Crippen molar-refractivity contribution in [3.63, 3.8) is 0 Å². The largest absolute Gasteiger partial charge is 0.347 e. The van der Waals surface area contributed by atoms with E-state index >= 15 is 0 Å². The number of rotatable bonds is 5. The molecule has 1 unspecified atom stereocenters. The van der Waals surface area contributed by atoms with Crippen LogP contribution in [0.25, 0.3) is 0 Å². The molecule has 23 heavy (non-hydrogen) atoms. The zero-order valence-corrected chi connectivity index (χ0v) is 14.5. The number of ether oxygens (including phenoxy) is 1. The minimum atomic E-state index is -0.537. The van der Waals surface area contributed by atoms with Gasteiger partial charge >= 0.3 is 0 Å². The van der Waals surface area contributed by atoms with Crippen LogP contribution in [-0.2, 0) is 17.1 Å². The first kappa shape index (κ1) is 16.2. The second-order valence-corrected chi connectivity index (χ2v) is 6.66. The van der Waals surface area contributed by atoms with Gasteiger partial charge in [-0.15, -0.1) is 0 Å². The number of benzene rings is 2. The van der Waals surface area contributed by atoms with Crippen molar-refractivity contribution in [3.8, 4) is 0 Å². The maximum Gasteiger partial charge on any atom is 0.172 e. The Morgan fingerprint density at radius 1 is 1.09 bits per heavy atom. The van der Waals surface area contributed by atoms with Crippen LogP contribution in [0.15, 0.2) is 42.5 Å². The molecule has 0 fully saturated rings. The fourth-order valence-corrected chi connectivity index (χ4v) is 3.16. The molecule has 0 aliphatic carbocycles. The molecule has 0 saturated heterocycles. The number of aryl methyl sites for hydroxylation is 2. The zero-order valence-electron chi connectivity index (χ0n) is 14.5. The van der Waals surface area contributed by atoms with Crippen molar-refractivity contribution in [2.75, 3.05) is 27.2 Å². The third-order valence-electron chi connectivity index (χ3n) is 4.69. The van der Waals surface area contributed by atoms with E-state index in [4.69, 9.17) is 4.74 Å². The van der Waals surface area contributed by atoms with Crippen molar-refractivity contribution in [3.05, 3.63) is 70.3 Å². The van der Waals surface area contributed by atoms with E-state index in [9.17, 15) is 0 Å². The van der Waals surface area contributed by atoms with Gasteiger partial charge in [0.05, 0.1) is 6.61 Å². The molecule has 1 atom stereocenters. The van der Waals surface area contributed by atoms with E-state index in [0.29, 0.717) is 6.61 Å². The maximum atomic E-state index is 6.34. The van der Waals surface area contributed by atoms with Crippen molar-refractivity contribution in [1.29, 1.82) is 0 Å². The van der Waals surface area contributed by atoms with Gasteiger partial charge in [0.2, 0.25) is 0 Å². The van der Waals surface area contributed by atoms with E-state index in [1.54, 1.807) is 0 Å². The first-order chi connectivity index (χ1) is 11.0. The Hall–Kier alpha value is -1.68. The molecule has 3 heteroatoms. The Morgan fingerprint density at radius 3 is 2.61 bits per heavy atom. The summed E-state index contributed by atoms with van der Waals surface area (Å²) >= 11 is 0. The summed E-state index contributed by atoms with van der Waals surface area (Å²) in [7, 11) is 4.18. The quantitative estimate of drug-likeness (QED) is 0.918. The fourth-order valence-electron chi connectivity index (χ4n) is 3.16. The fraction of sp³-hybridized carbons (Fsp3) is 0.400. The van der Waals surface area contributed by atoms with Gasteiger partial charge in [0, 0.05) is 24.2 Å². The van der Waals surface area contributed by atoms with Crippen LogP contribution in [0.2, 0.25) is 0 Å². The van der Waals surface area contributed by atoms with Gasteiger partial charge in [-0.25, -0.2) is 0 Å². The SMILES string of the molecule is Cc1ccc(C2(NCCN(C)C)OCc3ccccc32)cc1C. The van der Waals surface area contributed by atoms with Crippen molar-refractivity contribution in [2.24, 2.45) is 0 Å². The Kier molecular flexibility index (Phi) is 4.53. The van der Waals surface area contributed by atoms with Gasteiger partial charge in [-0.2, -0.15) is 0 Å². The molecule has 0 radical (unpaired) electrons. The second kappa shape index (κ2) is 6.44. The predicted molar refractivity (Wildman–Crippen MR) is 94.5 cm³/mol. The van der Waals surface area contributed by atoms with Crippen LogP contribution in [0.4, 0.5) is 0 Å². The average molecular weight is 310 g/mol. The normalized spacial score (nSPS) is 20.0. The van der Waals surface area contributed by atoms with Crippen molar-refractivity contribution in [1.82, 2.24) is 10.2 Å². The topological polar surface area (TPSA) is 24.5 Å². The third kappa shape index (κ3) is 3.05. The third-order valence-corrected chi connectivity index (χ3v) is 4.69. The monoisotopic (exact) mass is 310 g/mol. The molecule has 1 aliphatic rings. The molecule has 0 amide bonds. The summed E-state index contributed by atoms with van der Waals surface area (Å²) in [5.74, 6) is 0. The molecule has 0 aromatic heterocycles. The molecule has 2 aromatic rings. The Balaban J connectivity index is 2.02. The van der Waals surface area contributed by atoms with Crippen LogP contribution in [0.3, 0.4) is 0 Å². The first-order valence-electron chi connectivity index (χ1n) is 8.23. The van der Waals surface area contributed by atoms with Gasteiger partial charge in [0.25, 0.3) is 0 Å². The molecule has 3 nitrogen and oxygen atoms in total. The highest BCUT2D eigenvalue weighted by molar-refractivity contribution is 5.45. The van der Waals surface area contributed by atoms with E-state index in [0.717, 1.165) is 13.1 Å². The number of nitrogens with one attached hydrogen (secondary N) is 1. The predicted octanol–water partition coefficient (Wildman–Crippen LogP) is 3.19. The lowest BCUT2D eigenvalue weighted by atomic mass is 9.91. The summed E-state index contributed by atoms with van der Waals surface area (Å²) in [4.78, 5) is 2.18. The van der Waals surface area contributed by atoms with Gasteiger partial charge in [-0.1, -0.05) is 42.5 Å². The van der Waals surface area contributed by atoms with Crippen molar-refractivity contribution >= 4 is 0 Å². The summed E-state index contributed by atoms with van der Waals surface area (Å²) in [5, 5.41) is 3.68. The highest BCUT2D eigenvalue weighted by Gasteiger charge is 2.41. The van der Waals surface area contributed by atoms with E-state index in [2.05, 4.69) is 80.6 Å². The molecule has 1 heterocycles. The number of hydrogen-bond donors (Lipinski definition) is 1. The number of nitrogens with zero attached hydrogens (tertiary/aromatic N) is 1. The number of hydrogen-bond acceptors (Lipinski definition) is 3. The zero-order chi connectivity index (χ0) is 16.4. The Bertz CT molecular complexity index is 696. The second-order valence-electron chi connectivity index (χ2n) is 6.66. The molecule has 3 rings (SSSR count). The standard InChI is InChI=1S/C20H26N2O/c1-15-9-10-18(13-16(15)2)20(21-11-12-22(3)4)19-8-6-5-7-17(19)14-23-20/h5-10,13,21H,11-12,14H2,1-4H3. The minimum absolute atomic E-state index is 0.537. The summed E-state index contributed by atoms with van der Waals surface area (Å²) in [6.07, 6.45) is 0. The smallest absolute Gasteiger partial charge is 0.172 e. The van der Waals surface area contributed by atoms with Crippen LogP contribution in [0.5, 0.6) is 0 Å². The summed E-state index contributed by atoms with van der Waals surface area (Å²) in [5.41, 5.74) is 5.76. The lowest BCUT2D eigenvalue weighted by molar-refractivity contribution is -0.0324. The summed E-state index contributed by atoms with van der Waals surface area (Å²) in [6.45, 7) is 6.80. The number of likely N-dealkylation sites (N-methyl/N-ethyl adjacent to an activating group) is 1. The molecule has 0 saturated carbocycles. The maximum absolute atomic E-state index is 6.34. The average Bonchev–Trinajstić information content (AvgIpc) is 2.90. The van der Waals surface area contributed by atoms with Gasteiger partial charge in [0.1, 0.15) is 0 Å². The molecule has 122 valence electrons. The van der Waals surface area contributed by atoms with Gasteiger partial charge in [-0.3, -0.25) is 5.32 Å².